The van der Waals surface area contributed by atoms with E-state index in [1.165, 1.54) is 0 Å². The van der Waals surface area contributed by atoms with Crippen LogP contribution in [-0.4, -0.2) is 63.6 Å². The fraction of sp³-hybridized carbons (Fsp3) is 0.389. The van der Waals surface area contributed by atoms with Crippen molar-refractivity contribution in [2.45, 2.75) is 12.8 Å². The summed E-state index contributed by atoms with van der Waals surface area (Å²) in [6.07, 6.45) is 3.34. The molecule has 0 aromatic carbocycles. The van der Waals surface area contributed by atoms with Crippen molar-refractivity contribution < 1.29 is 9.32 Å². The zero-order valence-corrected chi connectivity index (χ0v) is 16.3. The van der Waals surface area contributed by atoms with Crippen LogP contribution >= 0.6 is 22.9 Å². The van der Waals surface area contributed by atoms with Crippen molar-refractivity contribution in [1.82, 2.24) is 24.9 Å². The highest BCUT2D eigenvalue weighted by Gasteiger charge is 2.23. The number of amides is 1. The van der Waals surface area contributed by atoms with Gasteiger partial charge >= 0.3 is 0 Å². The van der Waals surface area contributed by atoms with Crippen LogP contribution in [0.1, 0.15) is 22.8 Å². The van der Waals surface area contributed by atoms with Crippen LogP contribution in [0, 0.1) is 0 Å². The van der Waals surface area contributed by atoms with Gasteiger partial charge in [0.25, 0.3) is 5.91 Å². The van der Waals surface area contributed by atoms with E-state index in [-0.39, 0.29) is 5.91 Å². The van der Waals surface area contributed by atoms with Crippen LogP contribution in [-0.2, 0) is 6.42 Å². The molecule has 1 amide bonds. The van der Waals surface area contributed by atoms with Gasteiger partial charge in [-0.15, -0.1) is 11.3 Å². The van der Waals surface area contributed by atoms with Crippen molar-refractivity contribution in [3.63, 3.8) is 0 Å². The molecule has 0 aliphatic carbocycles. The number of hydrogen-bond acceptors (Lipinski definition) is 6. The monoisotopic (exact) mass is 405 g/mol. The average molecular weight is 406 g/mol. The first-order chi connectivity index (χ1) is 13.2. The summed E-state index contributed by atoms with van der Waals surface area (Å²) >= 11 is 7.48. The van der Waals surface area contributed by atoms with Gasteiger partial charge in [0.2, 0.25) is 11.7 Å². The number of aromatic nitrogens is 3. The lowest BCUT2D eigenvalue weighted by Crippen LogP contribution is -2.49. The van der Waals surface area contributed by atoms with Gasteiger partial charge in [-0.05, 0) is 30.5 Å². The van der Waals surface area contributed by atoms with Crippen LogP contribution in [0.5, 0.6) is 0 Å². The molecule has 0 bridgehead atoms. The van der Waals surface area contributed by atoms with Crippen LogP contribution in [0.3, 0.4) is 0 Å². The predicted octanol–water partition coefficient (Wildman–Crippen LogP) is 3.17. The van der Waals surface area contributed by atoms with Crippen LogP contribution in [0.25, 0.3) is 10.7 Å². The van der Waals surface area contributed by atoms with Crippen molar-refractivity contribution in [3.05, 3.63) is 46.4 Å². The second-order valence-corrected chi connectivity index (χ2v) is 7.84. The van der Waals surface area contributed by atoms with Crippen LogP contribution in [0.15, 0.2) is 34.3 Å². The number of thiophene rings is 1. The molecule has 7 nitrogen and oxygen atoms in total. The molecule has 1 aliphatic rings. The molecular formula is C18H20ClN5O2S. The van der Waals surface area contributed by atoms with Crippen molar-refractivity contribution in [3.8, 4) is 10.7 Å². The van der Waals surface area contributed by atoms with Gasteiger partial charge in [0.05, 0.1) is 9.90 Å². The number of carbonyl (C=O) groups excluding carboxylic acids is 1. The van der Waals surface area contributed by atoms with Crippen LogP contribution in [0.2, 0.25) is 5.02 Å². The average Bonchev–Trinajstić information content (AvgIpc) is 3.43. The summed E-state index contributed by atoms with van der Waals surface area (Å²) in [6, 6.07) is 5.64. The van der Waals surface area contributed by atoms with Gasteiger partial charge in [0, 0.05) is 38.8 Å². The maximum atomic E-state index is 12.4. The first kappa shape index (κ1) is 18.2. The van der Waals surface area contributed by atoms with Gasteiger partial charge in [0.1, 0.15) is 5.69 Å². The fourth-order valence-electron chi connectivity index (χ4n) is 3.15. The lowest BCUT2D eigenvalue weighted by Gasteiger charge is -2.34. The maximum Gasteiger partial charge on any atom is 0.270 e. The summed E-state index contributed by atoms with van der Waals surface area (Å²) in [6.45, 7) is 4.12. The van der Waals surface area contributed by atoms with E-state index >= 15 is 0 Å². The quantitative estimate of drug-likeness (QED) is 0.681. The highest BCUT2D eigenvalue weighted by Crippen LogP contribution is 2.21. The number of hydrogen-bond donors (Lipinski definition) is 1. The van der Waals surface area contributed by atoms with E-state index in [9.17, 15) is 4.79 Å². The van der Waals surface area contributed by atoms with Crippen LogP contribution in [0.4, 0.5) is 0 Å². The third-order valence-electron chi connectivity index (χ3n) is 4.61. The summed E-state index contributed by atoms with van der Waals surface area (Å²) in [4.78, 5) is 25.0. The molecule has 27 heavy (non-hydrogen) atoms. The molecule has 1 aliphatic heterocycles. The number of aromatic amines is 1. The smallest absolute Gasteiger partial charge is 0.270 e. The first-order valence-corrected chi connectivity index (χ1v) is 10.2. The van der Waals surface area contributed by atoms with Gasteiger partial charge in [-0.1, -0.05) is 22.8 Å². The largest absolute Gasteiger partial charge is 0.356 e. The number of rotatable bonds is 6. The van der Waals surface area contributed by atoms with Crippen molar-refractivity contribution in [1.29, 1.82) is 0 Å². The number of carbonyl (C=O) groups is 1. The second-order valence-electron chi connectivity index (χ2n) is 6.46. The summed E-state index contributed by atoms with van der Waals surface area (Å²) in [5.74, 6) is 1.35. The van der Waals surface area contributed by atoms with E-state index in [0.29, 0.717) is 22.4 Å². The summed E-state index contributed by atoms with van der Waals surface area (Å²) in [5, 5.41) is 6.59. The van der Waals surface area contributed by atoms with Crippen LogP contribution < -0.4 is 0 Å². The zero-order valence-electron chi connectivity index (χ0n) is 14.7. The van der Waals surface area contributed by atoms with Gasteiger partial charge in [0.15, 0.2) is 0 Å². The zero-order chi connectivity index (χ0) is 18.6. The number of halogens is 1. The third-order valence-corrected chi connectivity index (χ3v) is 5.70. The van der Waals surface area contributed by atoms with E-state index in [1.807, 2.05) is 22.4 Å². The lowest BCUT2D eigenvalue weighted by molar-refractivity contribution is 0.0630. The Hall–Kier alpha value is -2.16. The Morgan fingerprint density at radius 1 is 1.33 bits per heavy atom. The Morgan fingerprint density at radius 3 is 2.89 bits per heavy atom. The minimum Gasteiger partial charge on any atom is -0.356 e. The molecule has 1 N–H and O–H groups in total. The van der Waals surface area contributed by atoms with Gasteiger partial charge in [-0.25, -0.2) is 0 Å². The topological polar surface area (TPSA) is 78.3 Å². The Labute approximate surface area is 165 Å². The molecule has 142 valence electrons. The molecule has 0 atom stereocenters. The van der Waals surface area contributed by atoms with Crippen molar-refractivity contribution in [2.24, 2.45) is 0 Å². The summed E-state index contributed by atoms with van der Waals surface area (Å²) in [5.41, 5.74) is 0.548. The van der Waals surface area contributed by atoms with E-state index in [4.69, 9.17) is 16.1 Å². The standard InChI is InChI=1S/C18H20ClN5O2S/c19-13-11-14(20-12-13)18(25)24-8-6-23(7-9-24)5-1-4-16-21-17(22-26-16)15-3-2-10-27-15/h2-3,10-12,20H,1,4-9H2. The predicted molar refractivity (Wildman–Crippen MR) is 104 cm³/mol. The molecule has 0 unspecified atom stereocenters. The minimum atomic E-state index is 0.00789. The van der Waals surface area contributed by atoms with Gasteiger partial charge in [-0.2, -0.15) is 4.98 Å². The molecule has 4 rings (SSSR count). The number of nitrogens with one attached hydrogen (secondary N) is 1. The van der Waals surface area contributed by atoms with E-state index in [1.54, 1.807) is 23.6 Å². The van der Waals surface area contributed by atoms with E-state index < -0.39 is 0 Å². The molecule has 0 radical (unpaired) electrons. The number of piperazine rings is 1. The highest BCUT2D eigenvalue weighted by molar-refractivity contribution is 7.13. The fourth-order valence-corrected chi connectivity index (χ4v) is 3.97. The molecule has 4 heterocycles. The molecule has 3 aromatic rings. The highest BCUT2D eigenvalue weighted by atomic mass is 35.5. The van der Waals surface area contributed by atoms with Crippen molar-refractivity contribution in [2.75, 3.05) is 32.7 Å². The molecule has 3 aromatic heterocycles. The Kier molecular flexibility index (Phi) is 5.56. The number of aryl methyl sites for hydroxylation is 1. The molecule has 9 heteroatoms. The summed E-state index contributed by atoms with van der Waals surface area (Å²) < 4.78 is 5.34. The molecular weight excluding hydrogens is 386 g/mol. The normalized spacial score (nSPS) is 15.4. The Morgan fingerprint density at radius 2 is 2.19 bits per heavy atom. The number of H-pyrrole nitrogens is 1. The molecule has 0 spiro atoms. The van der Waals surface area contributed by atoms with E-state index in [0.717, 1.165) is 50.4 Å². The Bertz CT molecular complexity index is 883. The lowest BCUT2D eigenvalue weighted by atomic mass is 10.2. The van der Waals surface area contributed by atoms with Gasteiger partial charge in [-0.3, -0.25) is 9.69 Å². The second kappa shape index (κ2) is 8.24. The minimum absolute atomic E-state index is 0.00789. The van der Waals surface area contributed by atoms with Crippen molar-refractivity contribution >= 4 is 28.8 Å². The van der Waals surface area contributed by atoms with Gasteiger partial charge < -0.3 is 14.4 Å². The number of nitrogens with zero attached hydrogens (tertiary/aromatic N) is 4. The maximum absolute atomic E-state index is 12.4. The molecule has 1 saturated heterocycles. The third kappa shape index (κ3) is 4.40. The first-order valence-electron chi connectivity index (χ1n) is 8.91. The molecule has 0 saturated carbocycles. The van der Waals surface area contributed by atoms with E-state index in [2.05, 4.69) is 20.0 Å². The summed E-state index contributed by atoms with van der Waals surface area (Å²) in [7, 11) is 0. The Balaban J connectivity index is 1.20. The molecule has 1 fully saturated rings. The SMILES string of the molecule is O=C(c1cc(Cl)c[nH]1)N1CCN(CCCc2nc(-c3cccs3)no2)CC1.